The quantitative estimate of drug-likeness (QED) is 0.788. The average molecular weight is 294 g/mol. The molecule has 0 radical (unpaired) electrons. The van der Waals surface area contributed by atoms with Gasteiger partial charge >= 0.3 is 0 Å². The maximum atomic E-state index is 11.7. The Morgan fingerprint density at radius 1 is 1.30 bits per heavy atom. The lowest BCUT2D eigenvalue weighted by molar-refractivity contribution is -0.117. The normalized spacial score (nSPS) is 11.1. The molecule has 0 saturated carbocycles. The minimum Gasteiger partial charge on any atom is -0.296 e. The van der Waals surface area contributed by atoms with Gasteiger partial charge in [0.05, 0.1) is 16.8 Å². The Hall–Kier alpha value is -2.55. The van der Waals surface area contributed by atoms with E-state index in [1.807, 2.05) is 4.72 Å². The number of rotatable bonds is 4. The summed E-state index contributed by atoms with van der Waals surface area (Å²) in [7, 11) is -3.88. The molecule has 0 aliphatic carbocycles. The summed E-state index contributed by atoms with van der Waals surface area (Å²) in [4.78, 5) is 21.5. The number of aromatic nitrogens is 3. The Labute approximate surface area is 114 Å². The molecule has 2 aromatic rings. The van der Waals surface area contributed by atoms with Crippen LogP contribution in [0, 0.1) is 0 Å². The van der Waals surface area contributed by atoms with Crippen LogP contribution in [0.15, 0.2) is 35.4 Å². The van der Waals surface area contributed by atoms with Crippen molar-refractivity contribution in [1.29, 1.82) is 0 Å². The van der Waals surface area contributed by atoms with Gasteiger partial charge in [0.25, 0.3) is 10.0 Å². The van der Waals surface area contributed by atoms with E-state index in [1.54, 1.807) is 0 Å². The molecule has 1 aromatic carbocycles. The molecule has 2 rings (SSSR count). The fourth-order valence-electron chi connectivity index (χ4n) is 1.54. The van der Waals surface area contributed by atoms with E-state index >= 15 is 0 Å². The van der Waals surface area contributed by atoms with Crippen LogP contribution in [0.1, 0.15) is 17.4 Å². The molecule has 0 aliphatic rings. The Morgan fingerprint density at radius 2 is 1.95 bits per heavy atom. The molecule has 104 valence electrons. The Kier molecular flexibility index (Phi) is 3.61. The topological polar surface area (TPSA) is 111 Å². The van der Waals surface area contributed by atoms with Crippen LogP contribution in [0.2, 0.25) is 0 Å². The number of nitrogens with zero attached hydrogens (tertiary/aromatic N) is 3. The maximum absolute atomic E-state index is 11.7. The summed E-state index contributed by atoms with van der Waals surface area (Å²) in [6.07, 6.45) is 1.87. The van der Waals surface area contributed by atoms with Crippen molar-refractivity contribution in [3.63, 3.8) is 0 Å². The fraction of sp³-hybridized carbons (Fsp3) is 0.0909. The zero-order chi connectivity index (χ0) is 14.8. The van der Waals surface area contributed by atoms with E-state index in [0.717, 1.165) is 6.92 Å². The van der Waals surface area contributed by atoms with Crippen molar-refractivity contribution in [3.05, 3.63) is 36.2 Å². The smallest absolute Gasteiger partial charge is 0.264 e. The Bertz CT molecular complexity index is 749. The molecule has 8 nitrogen and oxygen atoms in total. The first-order valence-corrected chi connectivity index (χ1v) is 6.92. The molecule has 0 aliphatic heterocycles. The molecule has 0 spiro atoms. The molecule has 20 heavy (non-hydrogen) atoms. The molecular formula is C11H10N4O4S. The number of nitrogens with one attached hydrogen (secondary N) is 1. The largest absolute Gasteiger partial charge is 0.296 e. The molecule has 1 amide bonds. The van der Waals surface area contributed by atoms with E-state index in [0.29, 0.717) is 12.0 Å². The molecule has 1 aromatic heterocycles. The minimum atomic E-state index is -3.88. The van der Waals surface area contributed by atoms with Crippen molar-refractivity contribution < 1.29 is 18.0 Å². The molecule has 0 bridgehead atoms. The zero-order valence-electron chi connectivity index (χ0n) is 10.3. The van der Waals surface area contributed by atoms with Gasteiger partial charge in [-0.15, -0.1) is 5.10 Å². The summed E-state index contributed by atoms with van der Waals surface area (Å²) >= 11 is 0. The maximum Gasteiger partial charge on any atom is 0.264 e. The van der Waals surface area contributed by atoms with Crippen molar-refractivity contribution in [2.75, 3.05) is 0 Å². The lowest BCUT2D eigenvalue weighted by Gasteiger charge is -2.06. The van der Waals surface area contributed by atoms with E-state index in [2.05, 4.69) is 10.3 Å². The van der Waals surface area contributed by atoms with Crippen LogP contribution in [0.25, 0.3) is 5.69 Å². The molecule has 0 fully saturated rings. The zero-order valence-corrected chi connectivity index (χ0v) is 11.2. The summed E-state index contributed by atoms with van der Waals surface area (Å²) < 4.78 is 26.6. The number of hydrogen-bond donors (Lipinski definition) is 1. The van der Waals surface area contributed by atoms with Gasteiger partial charge in [0.2, 0.25) is 5.91 Å². The number of benzene rings is 1. The summed E-state index contributed by atoms with van der Waals surface area (Å²) in [5, 5.41) is 7.30. The summed E-state index contributed by atoms with van der Waals surface area (Å²) in [6, 6.07) is 5.51. The number of carbonyl (C=O) groups is 2. The third kappa shape index (κ3) is 2.72. The van der Waals surface area contributed by atoms with Gasteiger partial charge in [0.1, 0.15) is 5.69 Å². The Morgan fingerprint density at radius 3 is 2.50 bits per heavy atom. The predicted molar refractivity (Wildman–Crippen MR) is 67.7 cm³/mol. The van der Waals surface area contributed by atoms with Gasteiger partial charge in [0.15, 0.2) is 6.29 Å². The van der Waals surface area contributed by atoms with E-state index in [9.17, 15) is 18.0 Å². The van der Waals surface area contributed by atoms with Crippen LogP contribution in [0.3, 0.4) is 0 Å². The number of amides is 1. The number of hydrogen-bond acceptors (Lipinski definition) is 6. The summed E-state index contributed by atoms with van der Waals surface area (Å²) in [5.74, 6) is -0.673. The monoisotopic (exact) mass is 294 g/mol. The summed E-state index contributed by atoms with van der Waals surface area (Å²) in [6.45, 7) is 1.11. The van der Waals surface area contributed by atoms with Gasteiger partial charge in [-0.3, -0.25) is 9.59 Å². The van der Waals surface area contributed by atoms with Crippen LogP contribution < -0.4 is 4.72 Å². The highest BCUT2D eigenvalue weighted by atomic mass is 32.2. The van der Waals surface area contributed by atoms with Crippen molar-refractivity contribution in [2.45, 2.75) is 11.8 Å². The summed E-state index contributed by atoms with van der Waals surface area (Å²) in [5.41, 5.74) is 0.717. The first-order chi connectivity index (χ1) is 9.44. The lowest BCUT2D eigenvalue weighted by Crippen LogP contribution is -2.28. The van der Waals surface area contributed by atoms with Gasteiger partial charge < -0.3 is 0 Å². The van der Waals surface area contributed by atoms with Gasteiger partial charge in [0, 0.05) is 6.92 Å². The second kappa shape index (κ2) is 5.21. The van der Waals surface area contributed by atoms with Crippen LogP contribution in [-0.4, -0.2) is 35.6 Å². The number of sulfonamides is 1. The van der Waals surface area contributed by atoms with Crippen LogP contribution in [0.5, 0.6) is 0 Å². The van der Waals surface area contributed by atoms with Crippen molar-refractivity contribution in [2.24, 2.45) is 0 Å². The second-order valence-corrected chi connectivity index (χ2v) is 5.53. The lowest BCUT2D eigenvalue weighted by atomic mass is 10.3. The highest BCUT2D eigenvalue weighted by Gasteiger charge is 2.15. The molecule has 0 saturated heterocycles. The van der Waals surface area contributed by atoms with Crippen LogP contribution >= 0.6 is 0 Å². The molecule has 0 unspecified atom stereocenters. The third-order valence-electron chi connectivity index (χ3n) is 2.37. The van der Waals surface area contributed by atoms with E-state index in [4.69, 9.17) is 0 Å². The van der Waals surface area contributed by atoms with Gasteiger partial charge in [-0.05, 0) is 24.3 Å². The average Bonchev–Trinajstić information content (AvgIpc) is 2.85. The van der Waals surface area contributed by atoms with Crippen molar-refractivity contribution >= 4 is 22.2 Å². The molecule has 9 heteroatoms. The van der Waals surface area contributed by atoms with E-state index in [-0.39, 0.29) is 10.6 Å². The van der Waals surface area contributed by atoms with Crippen LogP contribution in [-0.2, 0) is 14.8 Å². The molecule has 1 N–H and O–H groups in total. The SMILES string of the molecule is CC(=O)NS(=O)(=O)c1ccc(-n2nncc2C=O)cc1. The highest BCUT2D eigenvalue weighted by molar-refractivity contribution is 7.90. The standard InChI is InChI=1S/C11H10N4O4S/c1-8(17)13-20(18,19)11-4-2-9(3-5-11)15-10(7-16)6-12-14-15/h2-7H,1H3,(H,13,17). The number of carbonyl (C=O) groups excluding carboxylic acids is 2. The number of aldehydes is 1. The predicted octanol–water partition coefficient (Wildman–Crippen LogP) is -0.0954. The minimum absolute atomic E-state index is 0.0655. The highest BCUT2D eigenvalue weighted by Crippen LogP contribution is 2.13. The Balaban J connectivity index is 2.36. The van der Waals surface area contributed by atoms with Crippen molar-refractivity contribution in [1.82, 2.24) is 19.7 Å². The molecule has 0 atom stereocenters. The molecule has 1 heterocycles. The van der Waals surface area contributed by atoms with Gasteiger partial charge in [-0.25, -0.2) is 17.8 Å². The molecular weight excluding hydrogens is 284 g/mol. The van der Waals surface area contributed by atoms with Gasteiger partial charge in [-0.1, -0.05) is 5.21 Å². The van der Waals surface area contributed by atoms with Gasteiger partial charge in [-0.2, -0.15) is 0 Å². The van der Waals surface area contributed by atoms with Crippen LogP contribution in [0.4, 0.5) is 0 Å². The van der Waals surface area contributed by atoms with E-state index in [1.165, 1.54) is 35.1 Å². The van der Waals surface area contributed by atoms with E-state index < -0.39 is 15.9 Å². The third-order valence-corrected chi connectivity index (χ3v) is 3.82. The first-order valence-electron chi connectivity index (χ1n) is 5.44. The second-order valence-electron chi connectivity index (χ2n) is 3.84. The first kappa shape index (κ1) is 13.9. The van der Waals surface area contributed by atoms with Crippen molar-refractivity contribution in [3.8, 4) is 5.69 Å². The fourth-order valence-corrected chi connectivity index (χ4v) is 2.53.